The van der Waals surface area contributed by atoms with Gasteiger partial charge in [0.05, 0.1) is 12.8 Å². The topological polar surface area (TPSA) is 54.7 Å². The summed E-state index contributed by atoms with van der Waals surface area (Å²) in [5.74, 6) is 1.06. The minimum Gasteiger partial charge on any atom is -0.383 e. The first-order chi connectivity index (χ1) is 10.4. The Balaban J connectivity index is 1.70. The van der Waals surface area contributed by atoms with Crippen molar-refractivity contribution >= 4 is 11.5 Å². The Kier molecular flexibility index (Phi) is 4.67. The first-order valence-electron chi connectivity index (χ1n) is 7.65. The van der Waals surface area contributed by atoms with Gasteiger partial charge in [-0.15, -0.1) is 0 Å². The van der Waals surface area contributed by atoms with Crippen molar-refractivity contribution in [1.82, 2.24) is 19.9 Å². The molecule has 0 aliphatic carbocycles. The summed E-state index contributed by atoms with van der Waals surface area (Å²) in [7, 11) is 1.74. The van der Waals surface area contributed by atoms with Gasteiger partial charge in [-0.3, -0.25) is 0 Å². The van der Waals surface area contributed by atoms with Crippen molar-refractivity contribution in [1.29, 1.82) is 0 Å². The zero-order valence-corrected chi connectivity index (χ0v) is 12.5. The lowest BCUT2D eigenvalue weighted by Gasteiger charge is -2.36. The molecule has 1 saturated heterocycles. The minimum atomic E-state index is 0.508. The molecule has 0 radical (unpaired) electrons. The Labute approximate surface area is 125 Å². The van der Waals surface area contributed by atoms with E-state index in [1.54, 1.807) is 17.8 Å². The summed E-state index contributed by atoms with van der Waals surface area (Å²) in [4.78, 5) is 7.15. The molecule has 6 nitrogen and oxygen atoms in total. The van der Waals surface area contributed by atoms with Crippen LogP contribution in [-0.2, 0) is 4.74 Å². The monoisotopic (exact) mass is 289 g/mol. The molecular formula is C15H23N5O. The van der Waals surface area contributed by atoms with Gasteiger partial charge >= 0.3 is 0 Å². The molecule has 2 aromatic rings. The molecule has 1 aliphatic rings. The van der Waals surface area contributed by atoms with Gasteiger partial charge in [0, 0.05) is 45.0 Å². The molecule has 1 N–H and O–H groups in total. The highest BCUT2D eigenvalue weighted by Crippen LogP contribution is 2.23. The number of nitrogens with one attached hydrogen (secondary N) is 1. The number of rotatable bonds is 6. The van der Waals surface area contributed by atoms with Crippen LogP contribution >= 0.6 is 0 Å². The average molecular weight is 289 g/mol. The molecule has 21 heavy (non-hydrogen) atoms. The number of piperidine rings is 1. The number of hydrogen-bond acceptors (Lipinski definition) is 5. The Morgan fingerprint density at radius 3 is 3.24 bits per heavy atom. The maximum absolute atomic E-state index is 5.08. The smallest absolute Gasteiger partial charge is 0.157 e. The van der Waals surface area contributed by atoms with Crippen molar-refractivity contribution in [3.63, 3.8) is 0 Å². The molecule has 0 spiro atoms. The Bertz CT molecular complexity index is 570. The number of fused-ring (bicyclic) bond motifs is 1. The molecule has 114 valence electrons. The molecule has 0 saturated carbocycles. The number of methoxy groups -OCH3 is 1. The molecule has 1 unspecified atom stereocenters. The maximum Gasteiger partial charge on any atom is 0.157 e. The largest absolute Gasteiger partial charge is 0.383 e. The predicted octanol–water partition coefficient (Wildman–Crippen LogP) is 1.32. The standard InChI is InChI=1S/C15H23N5O/c1-21-11-8-16-12-13-4-2-3-9-19(13)14-6-10-20-15(18-14)5-7-17-20/h5-7,10,13,16H,2-4,8-9,11-12H2,1H3. The highest BCUT2D eigenvalue weighted by atomic mass is 16.5. The van der Waals surface area contributed by atoms with Crippen LogP contribution < -0.4 is 10.2 Å². The third kappa shape index (κ3) is 3.33. The van der Waals surface area contributed by atoms with E-state index in [0.717, 1.165) is 37.7 Å². The van der Waals surface area contributed by atoms with E-state index in [0.29, 0.717) is 6.04 Å². The summed E-state index contributed by atoms with van der Waals surface area (Å²) >= 11 is 0. The summed E-state index contributed by atoms with van der Waals surface area (Å²) in [6, 6.07) is 4.51. The van der Waals surface area contributed by atoms with Crippen LogP contribution in [0.3, 0.4) is 0 Å². The van der Waals surface area contributed by atoms with Crippen LogP contribution in [-0.4, -0.2) is 54.0 Å². The third-order valence-electron chi connectivity index (χ3n) is 4.03. The molecule has 1 fully saturated rings. The van der Waals surface area contributed by atoms with Gasteiger partial charge in [0.1, 0.15) is 5.82 Å². The van der Waals surface area contributed by atoms with E-state index in [1.165, 1.54) is 19.3 Å². The van der Waals surface area contributed by atoms with Crippen LogP contribution in [0.2, 0.25) is 0 Å². The van der Waals surface area contributed by atoms with Gasteiger partial charge in [-0.25, -0.2) is 9.50 Å². The lowest BCUT2D eigenvalue weighted by molar-refractivity contribution is 0.198. The summed E-state index contributed by atoms with van der Waals surface area (Å²) < 4.78 is 6.89. The number of anilines is 1. The Morgan fingerprint density at radius 2 is 2.33 bits per heavy atom. The van der Waals surface area contributed by atoms with Gasteiger partial charge in [-0.2, -0.15) is 5.10 Å². The quantitative estimate of drug-likeness (QED) is 0.813. The molecular weight excluding hydrogens is 266 g/mol. The molecule has 6 heteroatoms. The highest BCUT2D eigenvalue weighted by Gasteiger charge is 2.23. The zero-order chi connectivity index (χ0) is 14.5. The first-order valence-corrected chi connectivity index (χ1v) is 7.65. The molecule has 0 aromatic carbocycles. The fourth-order valence-electron chi connectivity index (χ4n) is 2.92. The van der Waals surface area contributed by atoms with Gasteiger partial charge in [-0.1, -0.05) is 0 Å². The minimum absolute atomic E-state index is 0.508. The van der Waals surface area contributed by atoms with Crippen molar-refractivity contribution in [2.75, 3.05) is 38.3 Å². The predicted molar refractivity (Wildman–Crippen MR) is 82.7 cm³/mol. The average Bonchev–Trinajstić information content (AvgIpc) is 2.99. The van der Waals surface area contributed by atoms with Gasteiger partial charge in [0.2, 0.25) is 0 Å². The zero-order valence-electron chi connectivity index (χ0n) is 12.5. The molecule has 0 amide bonds. The molecule has 3 rings (SSSR count). The van der Waals surface area contributed by atoms with Gasteiger partial charge < -0.3 is 15.0 Å². The first kappa shape index (κ1) is 14.3. The fourth-order valence-corrected chi connectivity index (χ4v) is 2.92. The van der Waals surface area contributed by atoms with E-state index in [-0.39, 0.29) is 0 Å². The summed E-state index contributed by atoms with van der Waals surface area (Å²) in [5.41, 5.74) is 0.907. The van der Waals surface area contributed by atoms with E-state index in [4.69, 9.17) is 9.72 Å². The summed E-state index contributed by atoms with van der Waals surface area (Å²) in [6.07, 6.45) is 7.52. The summed E-state index contributed by atoms with van der Waals surface area (Å²) in [6.45, 7) is 3.71. The van der Waals surface area contributed by atoms with Crippen LogP contribution in [0.5, 0.6) is 0 Å². The molecule has 2 aromatic heterocycles. The fraction of sp³-hybridized carbons (Fsp3) is 0.600. The molecule has 1 atom stereocenters. The van der Waals surface area contributed by atoms with Crippen LogP contribution in [0.15, 0.2) is 24.5 Å². The summed E-state index contributed by atoms with van der Waals surface area (Å²) in [5, 5.41) is 7.68. The van der Waals surface area contributed by atoms with Crippen molar-refractivity contribution < 1.29 is 4.74 Å². The van der Waals surface area contributed by atoms with E-state index < -0.39 is 0 Å². The lowest BCUT2D eigenvalue weighted by atomic mass is 10.0. The maximum atomic E-state index is 5.08. The van der Waals surface area contributed by atoms with Crippen molar-refractivity contribution in [3.05, 3.63) is 24.5 Å². The number of nitrogens with zero attached hydrogens (tertiary/aromatic N) is 4. The number of hydrogen-bond donors (Lipinski definition) is 1. The Morgan fingerprint density at radius 1 is 1.38 bits per heavy atom. The second-order valence-electron chi connectivity index (χ2n) is 5.46. The van der Waals surface area contributed by atoms with Crippen LogP contribution in [0.4, 0.5) is 5.82 Å². The Hall–Kier alpha value is -1.66. The number of aromatic nitrogens is 3. The van der Waals surface area contributed by atoms with Crippen LogP contribution in [0.1, 0.15) is 19.3 Å². The molecule has 1 aliphatic heterocycles. The number of ether oxygens (including phenoxy) is 1. The van der Waals surface area contributed by atoms with Crippen molar-refractivity contribution in [3.8, 4) is 0 Å². The second kappa shape index (κ2) is 6.87. The van der Waals surface area contributed by atoms with E-state index in [1.807, 2.05) is 12.3 Å². The van der Waals surface area contributed by atoms with Gasteiger partial charge in [0.25, 0.3) is 0 Å². The van der Waals surface area contributed by atoms with E-state index >= 15 is 0 Å². The second-order valence-corrected chi connectivity index (χ2v) is 5.46. The van der Waals surface area contributed by atoms with Gasteiger partial charge in [-0.05, 0) is 25.3 Å². The molecule has 0 bridgehead atoms. The van der Waals surface area contributed by atoms with Crippen molar-refractivity contribution in [2.45, 2.75) is 25.3 Å². The van der Waals surface area contributed by atoms with Crippen LogP contribution in [0.25, 0.3) is 5.65 Å². The molecule has 3 heterocycles. The van der Waals surface area contributed by atoms with E-state index in [9.17, 15) is 0 Å². The van der Waals surface area contributed by atoms with Crippen LogP contribution in [0, 0.1) is 0 Å². The normalized spacial score (nSPS) is 19.3. The van der Waals surface area contributed by atoms with E-state index in [2.05, 4.69) is 21.4 Å². The SMILES string of the molecule is COCCNCC1CCCCN1c1ccn2nccc2n1. The van der Waals surface area contributed by atoms with Crippen molar-refractivity contribution in [2.24, 2.45) is 0 Å². The highest BCUT2D eigenvalue weighted by molar-refractivity contribution is 5.48. The lowest BCUT2D eigenvalue weighted by Crippen LogP contribution is -2.46. The third-order valence-corrected chi connectivity index (χ3v) is 4.03. The van der Waals surface area contributed by atoms with Gasteiger partial charge in [0.15, 0.2) is 5.65 Å².